The van der Waals surface area contributed by atoms with E-state index in [-0.39, 0.29) is 23.6 Å². The molecule has 56 heavy (non-hydrogen) atoms. The highest BCUT2D eigenvalue weighted by atomic mass is 16.5. The maximum absolute atomic E-state index is 13.8. The number of piperidine rings is 1. The number of carbonyl (C=O) groups is 3. The summed E-state index contributed by atoms with van der Waals surface area (Å²) in [6, 6.07) is 10.1. The van der Waals surface area contributed by atoms with Crippen LogP contribution in [0.25, 0.3) is 11.1 Å². The molecule has 0 bridgehead atoms. The monoisotopic (exact) mass is 767 g/mol. The Labute approximate surface area is 330 Å². The molecule has 2 amide bonds. The van der Waals surface area contributed by atoms with Crippen LogP contribution in [-0.2, 0) is 40.8 Å². The molecule has 1 aromatic heterocycles. The number of amides is 2. The van der Waals surface area contributed by atoms with Crippen LogP contribution >= 0.6 is 0 Å². The number of nitrogens with one attached hydrogen (secondary N) is 1. The van der Waals surface area contributed by atoms with Crippen LogP contribution in [-0.4, -0.2) is 113 Å². The number of methoxy groups -OCH3 is 2. The quantitative estimate of drug-likeness (QED) is 0.215. The fraction of sp³-hybridized carbons (Fsp3) is 0.488. The van der Waals surface area contributed by atoms with Crippen LogP contribution in [0.2, 0.25) is 0 Å². The zero-order chi connectivity index (χ0) is 40.1. The summed E-state index contributed by atoms with van der Waals surface area (Å²) < 4.78 is 13.5. The standard InChI is InChI=1S/C43H57N7O6/c1-29(44-2)36(15-10-22-51)47(5)37-13-9-14-38(42(37)46(4)28-52)49-18-16-31(17-19-49)50-21-20-48(27-41(50)53)26-35-39(55-6)23-30(24-40(35)56-7)34-25-45(3)43(54)33-12-8-11-32(33)34/h9,13-14,22-25,28,31,36,44H,1,8,10-12,15-21,26-27H2,2-7H3. The number of pyridine rings is 1. The molecule has 300 valence electrons. The summed E-state index contributed by atoms with van der Waals surface area (Å²) in [4.78, 5) is 60.3. The molecule has 2 aliphatic heterocycles. The molecule has 3 aromatic rings. The molecule has 2 fully saturated rings. The van der Waals surface area contributed by atoms with E-state index in [1.165, 1.54) is 0 Å². The first-order valence-electron chi connectivity index (χ1n) is 19.6. The summed E-state index contributed by atoms with van der Waals surface area (Å²) in [5.41, 5.74) is 8.37. The zero-order valence-corrected chi connectivity index (χ0v) is 33.8. The Morgan fingerprint density at radius 1 is 1.02 bits per heavy atom. The van der Waals surface area contributed by atoms with Crippen LogP contribution in [0.5, 0.6) is 11.5 Å². The second-order valence-corrected chi connectivity index (χ2v) is 15.2. The number of aromatic nitrogens is 1. The first kappa shape index (κ1) is 40.4. The van der Waals surface area contributed by atoms with Gasteiger partial charge in [-0.1, -0.05) is 12.6 Å². The van der Waals surface area contributed by atoms with Crippen molar-refractivity contribution in [2.24, 2.45) is 7.05 Å². The molecule has 2 aromatic carbocycles. The summed E-state index contributed by atoms with van der Waals surface area (Å²) in [5.74, 6) is 1.50. The van der Waals surface area contributed by atoms with Gasteiger partial charge >= 0.3 is 0 Å². The van der Waals surface area contributed by atoms with Crippen LogP contribution in [0.4, 0.5) is 17.1 Å². The Morgan fingerprint density at radius 2 is 1.71 bits per heavy atom. The van der Waals surface area contributed by atoms with E-state index in [0.29, 0.717) is 44.0 Å². The molecule has 2 saturated heterocycles. The average molecular weight is 768 g/mol. The van der Waals surface area contributed by atoms with Gasteiger partial charge in [-0.25, -0.2) is 0 Å². The van der Waals surface area contributed by atoms with Crippen LogP contribution in [0.3, 0.4) is 0 Å². The van der Waals surface area contributed by atoms with E-state index in [1.54, 1.807) is 37.8 Å². The molecule has 1 N–H and O–H groups in total. The van der Waals surface area contributed by atoms with Gasteiger partial charge in [0.2, 0.25) is 12.3 Å². The number of hydrogen-bond donors (Lipinski definition) is 1. The van der Waals surface area contributed by atoms with E-state index in [4.69, 9.17) is 9.47 Å². The summed E-state index contributed by atoms with van der Waals surface area (Å²) in [6.07, 6.45) is 8.92. The second-order valence-electron chi connectivity index (χ2n) is 15.2. The number of rotatable bonds is 16. The van der Waals surface area contributed by atoms with Gasteiger partial charge in [-0.05, 0) is 73.9 Å². The summed E-state index contributed by atoms with van der Waals surface area (Å²) in [6.45, 7) is 7.83. The smallest absolute Gasteiger partial charge is 0.253 e. The fourth-order valence-electron chi connectivity index (χ4n) is 8.90. The van der Waals surface area contributed by atoms with Gasteiger partial charge in [0.1, 0.15) is 17.8 Å². The molecule has 13 nitrogen and oxygen atoms in total. The van der Waals surface area contributed by atoms with Crippen molar-refractivity contribution in [2.75, 3.05) is 82.8 Å². The van der Waals surface area contributed by atoms with Crippen molar-refractivity contribution in [3.05, 3.63) is 75.8 Å². The normalized spacial score (nSPS) is 16.6. The number of likely N-dealkylation sites (N-methyl/N-ethyl adjacent to an activating group) is 2. The van der Waals surface area contributed by atoms with E-state index in [1.807, 2.05) is 50.6 Å². The summed E-state index contributed by atoms with van der Waals surface area (Å²) in [5, 5.41) is 3.15. The van der Waals surface area contributed by atoms with Gasteiger partial charge in [0.05, 0.1) is 49.4 Å². The number of aldehydes is 1. The minimum absolute atomic E-state index is 0.0749. The summed E-state index contributed by atoms with van der Waals surface area (Å²) >= 11 is 0. The highest BCUT2D eigenvalue weighted by molar-refractivity contribution is 5.93. The minimum Gasteiger partial charge on any atom is -0.496 e. The molecule has 3 aliphatic rings. The number of benzene rings is 2. The predicted molar refractivity (Wildman–Crippen MR) is 221 cm³/mol. The van der Waals surface area contributed by atoms with Crippen molar-refractivity contribution in [2.45, 2.75) is 63.6 Å². The van der Waals surface area contributed by atoms with Gasteiger partial charge in [0.25, 0.3) is 5.56 Å². The SMILES string of the molecule is C=C(NC)C(CCC=O)N(C)c1cccc(N2CCC(N3CCN(Cc4c(OC)cc(-c5cn(C)c(=O)c6c5CCC6)cc4OC)CC3=O)CC2)c1N(C)C=O. The van der Waals surface area contributed by atoms with E-state index >= 15 is 0 Å². The van der Waals surface area contributed by atoms with Gasteiger partial charge in [-0.2, -0.15) is 0 Å². The van der Waals surface area contributed by atoms with Gasteiger partial charge < -0.3 is 43.8 Å². The topological polar surface area (TPSA) is 120 Å². The second kappa shape index (κ2) is 17.7. The van der Waals surface area contributed by atoms with Gasteiger partial charge in [0.15, 0.2) is 0 Å². The lowest BCUT2D eigenvalue weighted by atomic mass is 9.96. The van der Waals surface area contributed by atoms with E-state index in [0.717, 1.165) is 115 Å². The Morgan fingerprint density at radius 3 is 2.34 bits per heavy atom. The lowest BCUT2D eigenvalue weighted by Gasteiger charge is -2.44. The molecule has 3 heterocycles. The van der Waals surface area contributed by atoms with Crippen LogP contribution in [0.1, 0.15) is 48.8 Å². The molecule has 1 atom stereocenters. The number of carbonyl (C=O) groups excluding carboxylic acids is 3. The van der Waals surface area contributed by atoms with Gasteiger partial charge in [-0.3, -0.25) is 19.3 Å². The summed E-state index contributed by atoms with van der Waals surface area (Å²) in [7, 11) is 10.7. The number of para-hydroxylation sites is 1. The third-order valence-electron chi connectivity index (χ3n) is 12.0. The maximum atomic E-state index is 13.8. The molecule has 1 aliphatic carbocycles. The molecule has 13 heteroatoms. The highest BCUT2D eigenvalue weighted by Gasteiger charge is 2.34. The Hall–Kier alpha value is -5.30. The minimum atomic E-state index is -0.149. The van der Waals surface area contributed by atoms with Crippen LogP contribution in [0.15, 0.2) is 53.6 Å². The molecule has 6 rings (SSSR count). The van der Waals surface area contributed by atoms with Crippen molar-refractivity contribution in [3.63, 3.8) is 0 Å². The van der Waals surface area contributed by atoms with Crippen molar-refractivity contribution >= 4 is 35.7 Å². The van der Waals surface area contributed by atoms with Crippen molar-refractivity contribution in [1.29, 1.82) is 0 Å². The van der Waals surface area contributed by atoms with Gasteiger partial charge in [-0.15, -0.1) is 0 Å². The van der Waals surface area contributed by atoms with Crippen molar-refractivity contribution < 1.29 is 23.9 Å². The predicted octanol–water partition coefficient (Wildman–Crippen LogP) is 3.98. The zero-order valence-electron chi connectivity index (χ0n) is 33.8. The molecule has 1 unspecified atom stereocenters. The number of hydrogen-bond acceptors (Lipinski definition) is 10. The lowest BCUT2D eigenvalue weighted by Crippen LogP contribution is -2.56. The number of nitrogens with zero attached hydrogens (tertiary/aromatic N) is 6. The lowest BCUT2D eigenvalue weighted by molar-refractivity contribution is -0.139. The molecular formula is C43H57N7O6. The van der Waals surface area contributed by atoms with Gasteiger partial charge in [0, 0.05) is 96.4 Å². The van der Waals surface area contributed by atoms with E-state index < -0.39 is 0 Å². The van der Waals surface area contributed by atoms with E-state index in [2.05, 4.69) is 31.5 Å². The third kappa shape index (κ3) is 8.00. The first-order valence-corrected chi connectivity index (χ1v) is 19.6. The highest BCUT2D eigenvalue weighted by Crippen LogP contribution is 2.41. The molecule has 0 spiro atoms. The number of piperazine rings is 1. The third-order valence-corrected chi connectivity index (χ3v) is 12.0. The van der Waals surface area contributed by atoms with Crippen molar-refractivity contribution in [3.8, 4) is 22.6 Å². The Balaban J connectivity index is 1.13. The van der Waals surface area contributed by atoms with Crippen molar-refractivity contribution in [1.82, 2.24) is 19.7 Å². The van der Waals surface area contributed by atoms with E-state index in [9.17, 15) is 19.2 Å². The maximum Gasteiger partial charge on any atom is 0.253 e. The Kier molecular flexibility index (Phi) is 12.7. The molecular weight excluding hydrogens is 711 g/mol. The first-order chi connectivity index (χ1) is 27.0. The average Bonchev–Trinajstić information content (AvgIpc) is 3.72. The van der Waals surface area contributed by atoms with Crippen LogP contribution in [0, 0.1) is 0 Å². The molecule has 0 saturated carbocycles. The number of anilines is 3. The number of ether oxygens (including phenoxy) is 2. The number of aryl methyl sites for hydroxylation is 1. The van der Waals surface area contributed by atoms with Crippen LogP contribution < -0.4 is 35.0 Å². The number of fused-ring (bicyclic) bond motifs is 1. The molecule has 0 radical (unpaired) electrons. The fourth-order valence-corrected chi connectivity index (χ4v) is 8.90. The Bertz CT molecular complexity index is 1980. The largest absolute Gasteiger partial charge is 0.496 e.